The molecule has 0 aliphatic heterocycles. The standard InChI is InChI=1S/C8H13NO3S/c1-13(11,12)5-4-9-7-2-3-8(10)6-7/h6,9H,2-5H2,1H3. The molecule has 1 aliphatic carbocycles. The van der Waals surface area contributed by atoms with Gasteiger partial charge in [-0.15, -0.1) is 0 Å². The van der Waals surface area contributed by atoms with E-state index in [1.165, 1.54) is 6.26 Å². The molecule has 0 heterocycles. The van der Waals surface area contributed by atoms with Crippen molar-refractivity contribution in [3.63, 3.8) is 0 Å². The highest BCUT2D eigenvalue weighted by Gasteiger charge is 2.11. The number of sulfone groups is 1. The first-order valence-electron chi connectivity index (χ1n) is 4.12. The molecule has 74 valence electrons. The second-order valence-corrected chi connectivity index (χ2v) is 5.45. The van der Waals surface area contributed by atoms with Crippen LogP contribution in [0.3, 0.4) is 0 Å². The number of nitrogens with one attached hydrogen (secondary N) is 1. The number of allylic oxidation sites excluding steroid dienone is 2. The van der Waals surface area contributed by atoms with Crippen molar-refractivity contribution in [2.75, 3.05) is 18.6 Å². The summed E-state index contributed by atoms with van der Waals surface area (Å²) in [5, 5.41) is 2.93. The first kappa shape index (κ1) is 10.2. The van der Waals surface area contributed by atoms with Crippen LogP contribution in [0, 0.1) is 0 Å². The van der Waals surface area contributed by atoms with Crippen molar-refractivity contribution in [2.45, 2.75) is 12.8 Å². The van der Waals surface area contributed by atoms with Crippen LogP contribution in [0.25, 0.3) is 0 Å². The number of carbonyl (C=O) groups excluding carboxylic acids is 1. The topological polar surface area (TPSA) is 63.2 Å². The third-order valence-electron chi connectivity index (χ3n) is 1.80. The predicted octanol–water partition coefficient (Wildman–Crippen LogP) is -0.133. The lowest BCUT2D eigenvalue weighted by Gasteiger charge is -2.04. The number of carbonyl (C=O) groups is 1. The molecular weight excluding hydrogens is 190 g/mol. The molecule has 0 bridgehead atoms. The Bertz CT molecular complexity index is 329. The molecule has 5 heteroatoms. The van der Waals surface area contributed by atoms with Crippen molar-refractivity contribution >= 4 is 15.6 Å². The summed E-state index contributed by atoms with van der Waals surface area (Å²) in [6, 6.07) is 0. The SMILES string of the molecule is CS(=O)(=O)CCNC1=CC(=O)CC1. The molecule has 0 saturated heterocycles. The van der Waals surface area contributed by atoms with Gasteiger partial charge in [0.2, 0.25) is 0 Å². The summed E-state index contributed by atoms with van der Waals surface area (Å²) in [5.41, 5.74) is 0.855. The van der Waals surface area contributed by atoms with Gasteiger partial charge in [0.05, 0.1) is 5.75 Å². The van der Waals surface area contributed by atoms with E-state index in [4.69, 9.17) is 0 Å². The molecular formula is C8H13NO3S. The van der Waals surface area contributed by atoms with Gasteiger partial charge in [-0.2, -0.15) is 0 Å². The highest BCUT2D eigenvalue weighted by Crippen LogP contribution is 2.11. The molecule has 0 fully saturated rings. The largest absolute Gasteiger partial charge is 0.387 e. The van der Waals surface area contributed by atoms with Crippen LogP contribution >= 0.6 is 0 Å². The first-order chi connectivity index (χ1) is 5.97. The molecule has 1 aliphatic rings. The zero-order valence-corrected chi connectivity index (χ0v) is 8.36. The summed E-state index contributed by atoms with van der Waals surface area (Å²) >= 11 is 0. The van der Waals surface area contributed by atoms with E-state index < -0.39 is 9.84 Å². The van der Waals surface area contributed by atoms with E-state index in [1.54, 1.807) is 6.08 Å². The van der Waals surface area contributed by atoms with E-state index in [2.05, 4.69) is 5.32 Å². The number of rotatable bonds is 4. The summed E-state index contributed by atoms with van der Waals surface area (Å²) in [5.74, 6) is 0.222. The van der Waals surface area contributed by atoms with Crippen LogP contribution in [0.15, 0.2) is 11.8 Å². The van der Waals surface area contributed by atoms with Crippen molar-refractivity contribution in [3.8, 4) is 0 Å². The van der Waals surface area contributed by atoms with Crippen LogP contribution in [0.1, 0.15) is 12.8 Å². The molecule has 13 heavy (non-hydrogen) atoms. The van der Waals surface area contributed by atoms with Crippen molar-refractivity contribution < 1.29 is 13.2 Å². The van der Waals surface area contributed by atoms with Gasteiger partial charge in [0.15, 0.2) is 5.78 Å². The maximum atomic E-state index is 10.8. The zero-order valence-electron chi connectivity index (χ0n) is 7.54. The van der Waals surface area contributed by atoms with Gasteiger partial charge in [-0.25, -0.2) is 8.42 Å². The maximum Gasteiger partial charge on any atom is 0.157 e. The fourth-order valence-electron chi connectivity index (χ4n) is 1.13. The number of ketones is 1. The Kier molecular flexibility index (Phi) is 3.08. The summed E-state index contributed by atoms with van der Waals surface area (Å²) in [7, 11) is -2.90. The highest BCUT2D eigenvalue weighted by atomic mass is 32.2. The molecule has 1 N–H and O–H groups in total. The van der Waals surface area contributed by atoms with Crippen molar-refractivity contribution in [3.05, 3.63) is 11.8 Å². The Labute approximate surface area is 77.9 Å². The van der Waals surface area contributed by atoms with Gasteiger partial charge >= 0.3 is 0 Å². The second-order valence-electron chi connectivity index (χ2n) is 3.19. The van der Waals surface area contributed by atoms with E-state index >= 15 is 0 Å². The second kappa shape index (κ2) is 3.91. The van der Waals surface area contributed by atoms with Gasteiger partial charge < -0.3 is 5.32 Å². The van der Waals surface area contributed by atoms with Gasteiger partial charge in [-0.1, -0.05) is 0 Å². The van der Waals surface area contributed by atoms with Crippen LogP contribution < -0.4 is 5.32 Å². The van der Waals surface area contributed by atoms with E-state index in [0.29, 0.717) is 19.4 Å². The summed E-state index contributed by atoms with van der Waals surface area (Å²) in [6.07, 6.45) is 3.99. The normalized spacial score (nSPS) is 17.3. The van der Waals surface area contributed by atoms with Crippen LogP contribution in [0.5, 0.6) is 0 Å². The molecule has 0 amide bonds. The minimum absolute atomic E-state index is 0.110. The Balaban J connectivity index is 2.28. The summed E-state index contributed by atoms with van der Waals surface area (Å²) < 4.78 is 21.5. The third-order valence-corrected chi connectivity index (χ3v) is 2.75. The minimum atomic E-state index is -2.90. The lowest BCUT2D eigenvalue weighted by molar-refractivity contribution is -0.114. The molecule has 1 rings (SSSR count). The highest BCUT2D eigenvalue weighted by molar-refractivity contribution is 7.90. The molecule has 0 saturated carbocycles. The Morgan fingerprint density at radius 3 is 2.62 bits per heavy atom. The monoisotopic (exact) mass is 203 g/mol. The first-order valence-corrected chi connectivity index (χ1v) is 6.18. The van der Waals surface area contributed by atoms with Crippen molar-refractivity contribution in [1.29, 1.82) is 0 Å². The number of hydrogen-bond donors (Lipinski definition) is 1. The molecule has 4 nitrogen and oxygen atoms in total. The average Bonchev–Trinajstić information content (AvgIpc) is 2.33. The van der Waals surface area contributed by atoms with Gasteiger partial charge in [0.25, 0.3) is 0 Å². The van der Waals surface area contributed by atoms with Crippen molar-refractivity contribution in [1.82, 2.24) is 5.32 Å². The van der Waals surface area contributed by atoms with E-state index in [0.717, 1.165) is 5.70 Å². The molecule has 0 radical (unpaired) electrons. The molecule has 0 spiro atoms. The molecule has 0 atom stereocenters. The van der Waals surface area contributed by atoms with Gasteiger partial charge in [-0.3, -0.25) is 4.79 Å². The summed E-state index contributed by atoms with van der Waals surface area (Å²) in [4.78, 5) is 10.8. The summed E-state index contributed by atoms with van der Waals surface area (Å²) in [6.45, 7) is 0.387. The lowest BCUT2D eigenvalue weighted by atomic mass is 10.3. The van der Waals surface area contributed by atoms with Crippen LogP contribution in [-0.4, -0.2) is 32.8 Å². The maximum absolute atomic E-state index is 10.8. The minimum Gasteiger partial charge on any atom is -0.387 e. The zero-order chi connectivity index (χ0) is 9.90. The smallest absolute Gasteiger partial charge is 0.157 e. The molecule has 0 aromatic carbocycles. The number of hydrogen-bond acceptors (Lipinski definition) is 4. The van der Waals surface area contributed by atoms with E-state index in [1.807, 2.05) is 0 Å². The predicted molar refractivity (Wildman–Crippen MR) is 50.0 cm³/mol. The Morgan fingerprint density at radius 1 is 1.46 bits per heavy atom. The molecule has 0 aromatic rings. The lowest BCUT2D eigenvalue weighted by Crippen LogP contribution is -2.21. The molecule has 0 unspecified atom stereocenters. The average molecular weight is 203 g/mol. The van der Waals surface area contributed by atoms with Crippen LogP contribution in [-0.2, 0) is 14.6 Å². The fraction of sp³-hybridized carbons (Fsp3) is 0.625. The Morgan fingerprint density at radius 2 is 2.15 bits per heavy atom. The van der Waals surface area contributed by atoms with E-state index in [9.17, 15) is 13.2 Å². The van der Waals surface area contributed by atoms with Crippen LogP contribution in [0.4, 0.5) is 0 Å². The van der Waals surface area contributed by atoms with Crippen molar-refractivity contribution in [2.24, 2.45) is 0 Å². The quantitative estimate of drug-likeness (QED) is 0.691. The van der Waals surface area contributed by atoms with Gasteiger partial charge in [-0.05, 0) is 6.42 Å². The molecule has 0 aromatic heterocycles. The third kappa shape index (κ3) is 4.07. The fourth-order valence-corrected chi connectivity index (χ4v) is 1.61. The van der Waals surface area contributed by atoms with Gasteiger partial charge in [0, 0.05) is 31.0 Å². The van der Waals surface area contributed by atoms with E-state index in [-0.39, 0.29) is 11.5 Å². The van der Waals surface area contributed by atoms with Gasteiger partial charge in [0.1, 0.15) is 9.84 Å². The Hall–Kier alpha value is -0.840. The van der Waals surface area contributed by atoms with Crippen LogP contribution in [0.2, 0.25) is 0 Å².